The van der Waals surface area contributed by atoms with Crippen LogP contribution in [-0.2, 0) is 4.79 Å². The minimum Gasteiger partial charge on any atom is -0.497 e. The van der Waals surface area contributed by atoms with E-state index in [1.807, 2.05) is 0 Å². The Kier molecular flexibility index (Phi) is 6.56. The van der Waals surface area contributed by atoms with Crippen LogP contribution in [0, 0.1) is 5.82 Å². The van der Waals surface area contributed by atoms with E-state index in [0.717, 1.165) is 17.4 Å². The van der Waals surface area contributed by atoms with E-state index in [9.17, 15) is 14.0 Å². The number of benzene rings is 2. The molecule has 0 saturated carbocycles. The molecule has 3 aromatic rings. The molecule has 0 saturated heterocycles. The monoisotopic (exact) mass is 418 g/mol. The summed E-state index contributed by atoms with van der Waals surface area (Å²) in [5.41, 5.74) is 0.843. The molecule has 2 amide bonds. The van der Waals surface area contributed by atoms with Gasteiger partial charge in [-0.25, -0.2) is 4.39 Å². The van der Waals surface area contributed by atoms with Crippen molar-refractivity contribution in [3.63, 3.8) is 0 Å². The average molecular weight is 418 g/mol. The third kappa shape index (κ3) is 5.51. The van der Waals surface area contributed by atoms with Gasteiger partial charge in [0, 0.05) is 11.3 Å². The van der Waals surface area contributed by atoms with Crippen LogP contribution >= 0.6 is 23.1 Å². The lowest BCUT2D eigenvalue weighted by Gasteiger charge is -2.05. The maximum absolute atomic E-state index is 13.2. The normalized spacial score (nSPS) is 10.4. The van der Waals surface area contributed by atoms with Crippen molar-refractivity contribution in [3.05, 3.63) is 59.9 Å². The number of nitrogens with zero attached hydrogens (tertiary/aromatic N) is 2. The molecule has 0 aliphatic heterocycles. The quantitative estimate of drug-likeness (QED) is 0.449. The van der Waals surface area contributed by atoms with E-state index in [2.05, 4.69) is 20.8 Å². The summed E-state index contributed by atoms with van der Waals surface area (Å²) in [6.07, 6.45) is 0. The lowest BCUT2D eigenvalue weighted by Crippen LogP contribution is -2.13. The predicted octanol–water partition coefficient (Wildman–Crippen LogP) is 3.67. The molecule has 0 unspecified atom stereocenters. The van der Waals surface area contributed by atoms with E-state index in [1.165, 1.54) is 30.0 Å². The van der Waals surface area contributed by atoms with Crippen molar-refractivity contribution in [1.29, 1.82) is 0 Å². The first kappa shape index (κ1) is 19.8. The van der Waals surface area contributed by atoms with Crippen LogP contribution in [0.15, 0.2) is 52.9 Å². The number of thioether (sulfide) groups is 1. The summed E-state index contributed by atoms with van der Waals surface area (Å²) in [5, 5.41) is 13.4. The molecule has 0 bridgehead atoms. The highest BCUT2D eigenvalue weighted by Gasteiger charge is 2.12. The van der Waals surface area contributed by atoms with Gasteiger partial charge >= 0.3 is 0 Å². The maximum Gasteiger partial charge on any atom is 0.257 e. The van der Waals surface area contributed by atoms with Crippen molar-refractivity contribution < 1.29 is 18.7 Å². The second-order valence-electron chi connectivity index (χ2n) is 5.40. The van der Waals surface area contributed by atoms with Gasteiger partial charge in [0.1, 0.15) is 11.6 Å². The van der Waals surface area contributed by atoms with Crippen molar-refractivity contribution in [3.8, 4) is 5.75 Å². The highest BCUT2D eigenvalue weighted by molar-refractivity contribution is 8.01. The fourth-order valence-electron chi connectivity index (χ4n) is 2.12. The Morgan fingerprint density at radius 3 is 2.64 bits per heavy atom. The summed E-state index contributed by atoms with van der Waals surface area (Å²) in [6, 6.07) is 12.3. The first-order valence-electron chi connectivity index (χ1n) is 8.00. The van der Waals surface area contributed by atoms with E-state index in [1.54, 1.807) is 31.4 Å². The standard InChI is InChI=1S/C18H15FN4O3S2/c1-26-14-7-5-13(6-8-14)20-15(24)10-27-18-23-22-17(28-18)21-16(25)11-3-2-4-12(19)9-11/h2-9H,10H2,1H3,(H,20,24)(H,21,22,25). The van der Waals surface area contributed by atoms with Gasteiger partial charge in [0.2, 0.25) is 11.0 Å². The largest absolute Gasteiger partial charge is 0.497 e. The summed E-state index contributed by atoms with van der Waals surface area (Å²) in [4.78, 5) is 24.1. The number of methoxy groups -OCH3 is 1. The second-order valence-corrected chi connectivity index (χ2v) is 7.60. The van der Waals surface area contributed by atoms with Gasteiger partial charge in [-0.1, -0.05) is 29.2 Å². The van der Waals surface area contributed by atoms with Gasteiger partial charge < -0.3 is 10.1 Å². The smallest absolute Gasteiger partial charge is 0.257 e. The number of hydrogen-bond donors (Lipinski definition) is 2. The Morgan fingerprint density at radius 1 is 1.14 bits per heavy atom. The summed E-state index contributed by atoms with van der Waals surface area (Å²) in [5.74, 6) is -0.336. The van der Waals surface area contributed by atoms with Crippen LogP contribution in [0.2, 0.25) is 0 Å². The van der Waals surface area contributed by atoms with Gasteiger partial charge in [-0.15, -0.1) is 10.2 Å². The molecule has 0 aliphatic carbocycles. The van der Waals surface area contributed by atoms with Gasteiger partial charge in [0.05, 0.1) is 12.9 Å². The molecule has 0 aliphatic rings. The third-order valence-corrected chi connectivity index (χ3v) is 5.39. The lowest BCUT2D eigenvalue weighted by molar-refractivity contribution is -0.113. The fraction of sp³-hybridized carbons (Fsp3) is 0.111. The topological polar surface area (TPSA) is 93.2 Å². The number of anilines is 2. The average Bonchev–Trinajstić information content (AvgIpc) is 3.14. The molecule has 1 aromatic heterocycles. The van der Waals surface area contributed by atoms with Crippen LogP contribution in [0.5, 0.6) is 5.75 Å². The molecule has 0 atom stereocenters. The molecule has 10 heteroatoms. The van der Waals surface area contributed by atoms with Crippen molar-refractivity contribution in [2.24, 2.45) is 0 Å². The molecular formula is C18H15FN4O3S2. The van der Waals surface area contributed by atoms with Gasteiger partial charge in [-0.05, 0) is 42.5 Å². The summed E-state index contributed by atoms with van der Waals surface area (Å²) in [7, 11) is 1.57. The summed E-state index contributed by atoms with van der Waals surface area (Å²) < 4.78 is 18.8. The van der Waals surface area contributed by atoms with E-state index in [-0.39, 0.29) is 22.4 Å². The van der Waals surface area contributed by atoms with Crippen LogP contribution in [0.4, 0.5) is 15.2 Å². The number of hydrogen-bond acceptors (Lipinski definition) is 7. The highest BCUT2D eigenvalue weighted by atomic mass is 32.2. The SMILES string of the molecule is COc1ccc(NC(=O)CSc2nnc(NC(=O)c3cccc(F)c3)s2)cc1. The molecule has 1 heterocycles. The predicted molar refractivity (Wildman–Crippen MR) is 107 cm³/mol. The van der Waals surface area contributed by atoms with E-state index in [4.69, 9.17) is 4.74 Å². The van der Waals surface area contributed by atoms with Crippen LogP contribution in [-0.4, -0.2) is 34.9 Å². The Hall–Kier alpha value is -2.98. The highest BCUT2D eigenvalue weighted by Crippen LogP contribution is 2.26. The molecule has 7 nitrogen and oxygen atoms in total. The number of carbonyl (C=O) groups excluding carboxylic acids is 2. The van der Waals surface area contributed by atoms with Gasteiger partial charge in [-0.3, -0.25) is 14.9 Å². The van der Waals surface area contributed by atoms with E-state index >= 15 is 0 Å². The fourth-order valence-corrected chi connectivity index (χ4v) is 3.66. The Morgan fingerprint density at radius 2 is 1.93 bits per heavy atom. The van der Waals surface area contributed by atoms with Crippen molar-refractivity contribution >= 4 is 45.7 Å². The Labute approximate surface area is 168 Å². The Balaban J connectivity index is 1.50. The summed E-state index contributed by atoms with van der Waals surface area (Å²) in [6.45, 7) is 0. The summed E-state index contributed by atoms with van der Waals surface area (Å²) >= 11 is 2.33. The first-order chi connectivity index (χ1) is 13.5. The van der Waals surface area contributed by atoms with Gasteiger partial charge in [-0.2, -0.15) is 0 Å². The van der Waals surface area contributed by atoms with Crippen LogP contribution in [0.1, 0.15) is 10.4 Å². The number of ether oxygens (including phenoxy) is 1. The molecule has 3 rings (SSSR count). The molecule has 28 heavy (non-hydrogen) atoms. The molecule has 0 spiro atoms. The first-order valence-corrected chi connectivity index (χ1v) is 9.81. The number of nitrogens with one attached hydrogen (secondary N) is 2. The molecule has 2 aromatic carbocycles. The zero-order chi connectivity index (χ0) is 19.9. The van der Waals surface area contributed by atoms with Crippen molar-refractivity contribution in [1.82, 2.24) is 10.2 Å². The molecule has 144 valence electrons. The van der Waals surface area contributed by atoms with Crippen LogP contribution < -0.4 is 15.4 Å². The van der Waals surface area contributed by atoms with E-state index < -0.39 is 11.7 Å². The lowest BCUT2D eigenvalue weighted by atomic mass is 10.2. The van der Waals surface area contributed by atoms with Gasteiger partial charge in [0.25, 0.3) is 5.91 Å². The Bertz CT molecular complexity index is 979. The maximum atomic E-state index is 13.2. The third-order valence-electron chi connectivity index (χ3n) is 3.41. The molecule has 0 fully saturated rings. The van der Waals surface area contributed by atoms with Crippen LogP contribution in [0.3, 0.4) is 0 Å². The number of rotatable bonds is 7. The molecule has 0 radical (unpaired) electrons. The zero-order valence-electron chi connectivity index (χ0n) is 14.6. The second kappa shape index (κ2) is 9.29. The van der Waals surface area contributed by atoms with Crippen LogP contribution in [0.25, 0.3) is 0 Å². The number of halogens is 1. The molecule has 2 N–H and O–H groups in total. The van der Waals surface area contributed by atoms with E-state index in [0.29, 0.717) is 15.8 Å². The number of carbonyl (C=O) groups is 2. The van der Waals surface area contributed by atoms with Gasteiger partial charge in [0.15, 0.2) is 4.34 Å². The minimum absolute atomic E-state index is 0.137. The zero-order valence-corrected chi connectivity index (χ0v) is 16.3. The minimum atomic E-state index is -0.496. The van der Waals surface area contributed by atoms with Crippen molar-refractivity contribution in [2.45, 2.75) is 4.34 Å². The molecular weight excluding hydrogens is 403 g/mol. The number of amides is 2. The van der Waals surface area contributed by atoms with Crippen molar-refractivity contribution in [2.75, 3.05) is 23.5 Å². The number of aromatic nitrogens is 2.